The highest BCUT2D eigenvalue weighted by molar-refractivity contribution is 7.15. The Balaban J connectivity index is 0.000000786. The Kier molecular flexibility index (Phi) is 7.67. The summed E-state index contributed by atoms with van der Waals surface area (Å²) >= 11 is 1.48. The third-order valence-corrected chi connectivity index (χ3v) is 7.85. The number of hydrogen-bond donors (Lipinski definition) is 4. The molecule has 3 aromatic rings. The summed E-state index contributed by atoms with van der Waals surface area (Å²) in [6.45, 7) is 4.36. The summed E-state index contributed by atoms with van der Waals surface area (Å²) in [4.78, 5) is 21.7. The van der Waals surface area contributed by atoms with Crippen LogP contribution in [0.5, 0.6) is 0 Å². The molecule has 5 rings (SSSR count). The van der Waals surface area contributed by atoms with Crippen LogP contribution in [0, 0.1) is 5.41 Å². The van der Waals surface area contributed by atoms with Gasteiger partial charge in [0.2, 0.25) is 5.95 Å². The molecule has 1 aromatic carbocycles. The lowest BCUT2D eigenvalue weighted by atomic mass is 9.70. The summed E-state index contributed by atoms with van der Waals surface area (Å²) in [5.41, 5.74) is 0.824. The minimum Gasteiger partial charge on any atom is -0.450 e. The van der Waals surface area contributed by atoms with E-state index in [-0.39, 0.29) is 11.4 Å². The lowest BCUT2D eigenvalue weighted by Gasteiger charge is -2.40. The van der Waals surface area contributed by atoms with Gasteiger partial charge in [-0.25, -0.2) is 19.7 Å². The van der Waals surface area contributed by atoms with Gasteiger partial charge in [0.1, 0.15) is 16.3 Å². The van der Waals surface area contributed by atoms with E-state index in [0.29, 0.717) is 24.4 Å². The van der Waals surface area contributed by atoms with Crippen molar-refractivity contribution in [2.45, 2.75) is 70.1 Å². The summed E-state index contributed by atoms with van der Waals surface area (Å²) in [6.07, 6.45) is 2.12. The minimum atomic E-state index is -4.53. The van der Waals surface area contributed by atoms with Gasteiger partial charge in [-0.3, -0.25) is 0 Å². The second kappa shape index (κ2) is 10.5. The molecule has 2 aliphatic carbocycles. The van der Waals surface area contributed by atoms with Crippen molar-refractivity contribution in [3.8, 4) is 10.4 Å². The monoisotopic (exact) mass is 550 g/mol. The number of hydrogen-bond acceptors (Lipinski definition) is 7. The molecule has 0 spiro atoms. The smallest absolute Gasteiger partial charge is 0.450 e. The Labute approximate surface area is 221 Å². The number of carboxylic acid groups (broad SMARTS) is 2. The highest BCUT2D eigenvalue weighted by Crippen LogP contribution is 2.48. The van der Waals surface area contributed by atoms with Crippen LogP contribution in [0.25, 0.3) is 10.4 Å². The second-order valence-corrected chi connectivity index (χ2v) is 11.6. The molecule has 4 N–H and O–H groups in total. The topological polar surface area (TPSA) is 128 Å². The van der Waals surface area contributed by atoms with Gasteiger partial charge >= 0.3 is 12.3 Å². The Bertz CT molecular complexity index is 1310. The van der Waals surface area contributed by atoms with E-state index < -0.39 is 23.6 Å². The average Bonchev–Trinajstić information content (AvgIpc) is 3.53. The van der Waals surface area contributed by atoms with Crippen LogP contribution in [-0.4, -0.2) is 36.4 Å². The van der Waals surface area contributed by atoms with Crippen molar-refractivity contribution in [1.29, 1.82) is 0 Å². The summed E-state index contributed by atoms with van der Waals surface area (Å²) in [5.74, 6) is 0.344. The molecule has 2 aromatic heterocycles. The van der Waals surface area contributed by atoms with E-state index in [1.54, 1.807) is 6.20 Å². The molecule has 0 saturated heterocycles. The zero-order valence-electron chi connectivity index (χ0n) is 20.9. The lowest BCUT2D eigenvalue weighted by molar-refractivity contribution is -0.141. The minimum absolute atomic E-state index is 0.0623. The first kappa shape index (κ1) is 27.8. The van der Waals surface area contributed by atoms with Crippen LogP contribution in [0.2, 0.25) is 0 Å². The number of carbonyl (C=O) groups is 1. The van der Waals surface area contributed by atoms with Crippen molar-refractivity contribution in [3.63, 3.8) is 0 Å². The summed E-state index contributed by atoms with van der Waals surface area (Å²) < 4.78 is 39.2. The Morgan fingerprint density at radius 1 is 1.13 bits per heavy atom. The van der Waals surface area contributed by atoms with Crippen LogP contribution >= 0.6 is 11.3 Å². The first-order valence-electron chi connectivity index (χ1n) is 12.2. The van der Waals surface area contributed by atoms with Crippen molar-refractivity contribution in [2.24, 2.45) is 5.41 Å². The van der Waals surface area contributed by atoms with Gasteiger partial charge < -0.3 is 20.6 Å². The maximum atomic E-state index is 13.1. The molecule has 2 fully saturated rings. The fraction of sp³-hybridized carbons (Fsp3) is 0.462. The fourth-order valence-corrected chi connectivity index (χ4v) is 5.88. The van der Waals surface area contributed by atoms with E-state index in [1.807, 2.05) is 12.1 Å². The van der Waals surface area contributed by atoms with Crippen LogP contribution in [0.3, 0.4) is 0 Å². The maximum absolute atomic E-state index is 13.1. The van der Waals surface area contributed by atoms with E-state index in [2.05, 4.69) is 40.2 Å². The van der Waals surface area contributed by atoms with Crippen LogP contribution in [0.1, 0.15) is 74.6 Å². The third-order valence-electron chi connectivity index (χ3n) is 6.61. The van der Waals surface area contributed by atoms with Gasteiger partial charge in [-0.2, -0.15) is 13.2 Å². The van der Waals surface area contributed by atoms with Crippen molar-refractivity contribution in [2.75, 3.05) is 5.32 Å². The molecule has 2 heterocycles. The predicted octanol–water partition coefficient (Wildman–Crippen LogP) is 7.25. The average molecular weight is 551 g/mol. The second-order valence-electron chi connectivity index (χ2n) is 10.5. The Morgan fingerprint density at radius 2 is 1.84 bits per heavy atom. The van der Waals surface area contributed by atoms with E-state index in [1.165, 1.54) is 11.3 Å². The molecule has 12 heteroatoms. The van der Waals surface area contributed by atoms with Crippen molar-refractivity contribution in [1.82, 2.24) is 15.0 Å². The molecule has 0 aliphatic heterocycles. The Morgan fingerprint density at radius 3 is 2.47 bits per heavy atom. The summed E-state index contributed by atoms with van der Waals surface area (Å²) in [7, 11) is 0. The van der Waals surface area contributed by atoms with Crippen molar-refractivity contribution >= 4 is 29.1 Å². The zero-order chi connectivity index (χ0) is 27.7. The predicted molar refractivity (Wildman–Crippen MR) is 137 cm³/mol. The quantitative estimate of drug-likeness (QED) is 0.261. The first-order chi connectivity index (χ1) is 17.7. The molecule has 38 heavy (non-hydrogen) atoms. The fourth-order valence-electron chi connectivity index (χ4n) is 4.86. The molecule has 8 nitrogen and oxygen atoms in total. The van der Waals surface area contributed by atoms with E-state index in [0.717, 1.165) is 59.0 Å². The largest absolute Gasteiger partial charge is 0.503 e. The molecule has 0 bridgehead atoms. The van der Waals surface area contributed by atoms with Crippen LogP contribution in [0.4, 0.5) is 29.6 Å². The molecule has 0 amide bonds. The number of nitrogens with one attached hydrogen (secondary N) is 1. The number of aliphatic hydroxyl groups is 1. The Hall–Kier alpha value is -3.25. The summed E-state index contributed by atoms with van der Waals surface area (Å²) in [6, 6.07) is 6.79. The molecule has 0 radical (unpaired) electrons. The van der Waals surface area contributed by atoms with E-state index >= 15 is 0 Å². The number of thiazole rings is 1. The van der Waals surface area contributed by atoms with Gasteiger partial charge in [-0.15, -0.1) is 11.3 Å². The number of alkyl halides is 3. The third kappa shape index (κ3) is 6.98. The van der Waals surface area contributed by atoms with Crippen LogP contribution in [-0.2, 0) is 11.8 Å². The van der Waals surface area contributed by atoms with Gasteiger partial charge in [-0.1, -0.05) is 13.8 Å². The number of rotatable bonds is 5. The molecule has 2 aliphatic rings. The van der Waals surface area contributed by atoms with Gasteiger partial charge in [-0.05, 0) is 85.3 Å². The molecular formula is C26H29F3N4O4S. The van der Waals surface area contributed by atoms with Crippen molar-refractivity contribution < 1.29 is 33.3 Å². The molecule has 2 saturated carbocycles. The highest BCUT2D eigenvalue weighted by atomic mass is 32.1. The normalized spacial score (nSPS) is 20.8. The van der Waals surface area contributed by atoms with Gasteiger partial charge in [0.15, 0.2) is 0 Å². The van der Waals surface area contributed by atoms with Gasteiger partial charge in [0, 0.05) is 18.1 Å². The van der Waals surface area contributed by atoms with Gasteiger partial charge in [0.05, 0.1) is 4.88 Å². The van der Waals surface area contributed by atoms with Gasteiger partial charge in [0.25, 0.3) is 0 Å². The van der Waals surface area contributed by atoms with E-state index in [9.17, 15) is 18.3 Å². The number of aromatic nitrogens is 3. The van der Waals surface area contributed by atoms with E-state index in [4.69, 9.17) is 15.0 Å². The SMILES string of the molecule is CC1(C)CCC[C@@](O)(c2ncc(-c3cc(Nc4nccc(C(F)(F)F)n4)cc(C4CC4)c3)s2)C1.O=C(O)O. The zero-order valence-corrected chi connectivity index (χ0v) is 21.7. The van der Waals surface area contributed by atoms with Crippen LogP contribution in [0.15, 0.2) is 36.7 Å². The maximum Gasteiger partial charge on any atom is 0.503 e. The molecular weight excluding hydrogens is 521 g/mol. The standard InChI is InChI=1S/C25H27F3N4OS.CH2O3/c1-23(2)7-3-8-24(33,14-23)21-30-13-19(34-21)17-10-16(15-4-5-15)11-18(12-17)31-22-29-9-6-20(32-22)25(26,27)28;2-1(3)4/h6,9-13,15,33H,3-5,7-8,14H2,1-2H3,(H,29,31,32);(H2,2,3,4)/t24-;/m0./s1. The molecule has 0 unspecified atom stereocenters. The molecule has 1 atom stereocenters. The number of anilines is 2. The molecule has 204 valence electrons. The van der Waals surface area contributed by atoms with Crippen molar-refractivity contribution in [3.05, 3.63) is 52.9 Å². The number of halogens is 3. The summed E-state index contributed by atoms with van der Waals surface area (Å²) in [5, 5.41) is 29.0. The number of benzene rings is 1. The highest BCUT2D eigenvalue weighted by Gasteiger charge is 2.42. The lowest BCUT2D eigenvalue weighted by Crippen LogP contribution is -2.36. The first-order valence-corrected chi connectivity index (χ1v) is 13.0. The number of nitrogens with zero attached hydrogens (tertiary/aromatic N) is 3. The van der Waals surface area contributed by atoms with Crippen LogP contribution < -0.4 is 5.32 Å².